The van der Waals surface area contributed by atoms with Crippen molar-refractivity contribution >= 4 is 11.6 Å². The third-order valence-electron chi connectivity index (χ3n) is 7.08. The van der Waals surface area contributed by atoms with Crippen molar-refractivity contribution in [3.05, 3.63) is 63.9 Å². The van der Waals surface area contributed by atoms with Crippen LogP contribution in [0.2, 0.25) is 0 Å². The second-order valence-corrected chi connectivity index (χ2v) is 8.98. The maximum Gasteiger partial charge on any atom is 0.202 e. The monoisotopic (exact) mass is 434 g/mol. The molecule has 2 aromatic carbocycles. The van der Waals surface area contributed by atoms with Gasteiger partial charge in [-0.05, 0) is 38.2 Å². The summed E-state index contributed by atoms with van der Waals surface area (Å²) in [5.74, 6) is -1.14. The van der Waals surface area contributed by atoms with Gasteiger partial charge >= 0.3 is 0 Å². The summed E-state index contributed by atoms with van der Waals surface area (Å²) in [6.07, 6.45) is 3.42. The quantitative estimate of drug-likeness (QED) is 0.466. The Balaban J connectivity index is 1.54. The number of rotatable bonds is 4. The minimum atomic E-state index is -0.517. The number of benzene rings is 2. The molecule has 1 atom stereocenters. The smallest absolute Gasteiger partial charge is 0.202 e. The number of ketones is 2. The SMILES string of the molecule is C=C(NC1CC(N)C1)C1CCc2c(O)c3c(c(O)c2C1)C(=O)c1cccc(OC)c1C3=O. The lowest BCUT2D eigenvalue weighted by atomic mass is 9.75. The van der Waals surface area contributed by atoms with Gasteiger partial charge in [0.15, 0.2) is 5.78 Å². The Kier molecular flexibility index (Phi) is 4.74. The minimum Gasteiger partial charge on any atom is -0.507 e. The number of phenolic OH excluding ortho intramolecular Hbond substituents is 2. The van der Waals surface area contributed by atoms with E-state index in [1.807, 2.05) is 0 Å². The van der Waals surface area contributed by atoms with Crippen LogP contribution in [-0.2, 0) is 12.8 Å². The Morgan fingerprint density at radius 3 is 2.47 bits per heavy atom. The summed E-state index contributed by atoms with van der Waals surface area (Å²) in [7, 11) is 1.42. The number of hydrogen-bond donors (Lipinski definition) is 4. The third-order valence-corrected chi connectivity index (χ3v) is 7.08. The van der Waals surface area contributed by atoms with Gasteiger partial charge in [-0.25, -0.2) is 0 Å². The lowest BCUT2D eigenvalue weighted by Gasteiger charge is -2.37. The van der Waals surface area contributed by atoms with Crippen LogP contribution in [0.1, 0.15) is 62.2 Å². The highest BCUT2D eigenvalue weighted by Gasteiger charge is 2.40. The van der Waals surface area contributed by atoms with Gasteiger partial charge in [-0.1, -0.05) is 18.7 Å². The number of nitrogens with two attached hydrogens (primary N) is 1. The van der Waals surface area contributed by atoms with E-state index in [0.717, 1.165) is 18.5 Å². The van der Waals surface area contributed by atoms with Crippen molar-refractivity contribution in [3.63, 3.8) is 0 Å². The van der Waals surface area contributed by atoms with Crippen LogP contribution in [0.15, 0.2) is 30.5 Å². The number of carbonyl (C=O) groups excluding carboxylic acids is 2. The van der Waals surface area contributed by atoms with Crippen LogP contribution in [-0.4, -0.2) is 41.0 Å². The van der Waals surface area contributed by atoms with Crippen molar-refractivity contribution in [3.8, 4) is 17.2 Å². The van der Waals surface area contributed by atoms with Crippen LogP contribution in [0.4, 0.5) is 0 Å². The predicted molar refractivity (Wildman–Crippen MR) is 118 cm³/mol. The molecule has 3 aliphatic rings. The van der Waals surface area contributed by atoms with Crippen molar-refractivity contribution in [1.29, 1.82) is 0 Å². The molecule has 1 fully saturated rings. The van der Waals surface area contributed by atoms with Crippen LogP contribution in [0, 0.1) is 5.92 Å². The lowest BCUT2D eigenvalue weighted by Crippen LogP contribution is -2.48. The molecule has 5 N–H and O–H groups in total. The molecular weight excluding hydrogens is 408 g/mol. The average Bonchev–Trinajstić information content (AvgIpc) is 2.77. The molecule has 5 rings (SSSR count). The van der Waals surface area contributed by atoms with E-state index in [9.17, 15) is 19.8 Å². The summed E-state index contributed by atoms with van der Waals surface area (Å²) >= 11 is 0. The number of hydrogen-bond acceptors (Lipinski definition) is 7. The highest BCUT2D eigenvalue weighted by Crippen LogP contribution is 2.48. The molecule has 3 aliphatic carbocycles. The average molecular weight is 434 g/mol. The Morgan fingerprint density at radius 1 is 1.09 bits per heavy atom. The first-order chi connectivity index (χ1) is 15.3. The van der Waals surface area contributed by atoms with Crippen molar-refractivity contribution in [2.24, 2.45) is 11.7 Å². The molecule has 166 valence electrons. The highest BCUT2D eigenvalue weighted by atomic mass is 16.5. The molecule has 0 aliphatic heterocycles. The van der Waals surface area contributed by atoms with Crippen LogP contribution < -0.4 is 15.8 Å². The zero-order valence-corrected chi connectivity index (χ0v) is 17.9. The number of ether oxygens (including phenoxy) is 1. The van der Waals surface area contributed by atoms with E-state index < -0.39 is 11.6 Å². The summed E-state index contributed by atoms with van der Waals surface area (Å²) in [4.78, 5) is 26.6. The zero-order valence-electron chi connectivity index (χ0n) is 17.9. The van der Waals surface area contributed by atoms with Crippen LogP contribution in [0.25, 0.3) is 0 Å². The normalized spacial score (nSPS) is 23.5. The third kappa shape index (κ3) is 2.92. The molecule has 0 radical (unpaired) electrons. The van der Waals surface area contributed by atoms with Crippen molar-refractivity contribution < 1.29 is 24.5 Å². The van der Waals surface area contributed by atoms with Gasteiger partial charge in [-0.15, -0.1) is 0 Å². The molecule has 0 amide bonds. The molecule has 0 spiro atoms. The fraction of sp³-hybridized carbons (Fsp3) is 0.360. The van der Waals surface area contributed by atoms with Gasteiger partial charge in [0.05, 0.1) is 23.8 Å². The van der Waals surface area contributed by atoms with Gasteiger partial charge in [0.25, 0.3) is 0 Å². The van der Waals surface area contributed by atoms with Gasteiger partial charge < -0.3 is 26.0 Å². The number of carbonyl (C=O) groups is 2. The number of fused-ring (bicyclic) bond motifs is 3. The van der Waals surface area contributed by atoms with Gasteiger partial charge in [-0.3, -0.25) is 9.59 Å². The summed E-state index contributed by atoms with van der Waals surface area (Å²) in [6, 6.07) is 5.30. The highest BCUT2D eigenvalue weighted by molar-refractivity contribution is 6.31. The standard InChI is InChI=1S/C25H26N2O5/c1-11(27-14-9-13(26)10-14)12-6-7-15-17(8-12)24(30)20-21(22(15)28)25(31)19-16(23(20)29)4-3-5-18(19)32-2/h3-5,12-14,27-28,30H,1,6-10,26H2,2H3. The fourth-order valence-corrected chi connectivity index (χ4v) is 5.26. The second kappa shape index (κ2) is 7.38. The molecule has 0 aromatic heterocycles. The number of allylic oxidation sites excluding steroid dienone is 1. The van der Waals surface area contributed by atoms with Crippen LogP contribution in [0.3, 0.4) is 0 Å². The topological polar surface area (TPSA) is 122 Å². The molecule has 0 saturated heterocycles. The summed E-state index contributed by atoms with van der Waals surface area (Å²) < 4.78 is 5.28. The van der Waals surface area contributed by atoms with Gasteiger partial charge in [-0.2, -0.15) is 0 Å². The molecule has 32 heavy (non-hydrogen) atoms. The second-order valence-electron chi connectivity index (χ2n) is 8.98. The summed E-state index contributed by atoms with van der Waals surface area (Å²) in [6.45, 7) is 4.18. The van der Waals surface area contributed by atoms with E-state index in [1.165, 1.54) is 13.2 Å². The van der Waals surface area contributed by atoms with Crippen molar-refractivity contribution in [2.45, 2.75) is 44.2 Å². The molecular formula is C25H26N2O5. The fourth-order valence-electron chi connectivity index (χ4n) is 5.26. The molecule has 7 nitrogen and oxygen atoms in total. The van der Waals surface area contributed by atoms with Gasteiger partial charge in [0.2, 0.25) is 5.78 Å². The Morgan fingerprint density at radius 2 is 1.78 bits per heavy atom. The van der Waals surface area contributed by atoms with Gasteiger partial charge in [0.1, 0.15) is 17.2 Å². The first-order valence-electron chi connectivity index (χ1n) is 10.9. The Hall–Kier alpha value is -3.32. The van der Waals surface area contributed by atoms with E-state index in [4.69, 9.17) is 10.5 Å². The van der Waals surface area contributed by atoms with Crippen molar-refractivity contribution in [1.82, 2.24) is 5.32 Å². The van der Waals surface area contributed by atoms with Gasteiger partial charge in [0, 0.05) is 40.4 Å². The number of methoxy groups -OCH3 is 1. The molecule has 1 unspecified atom stereocenters. The summed E-state index contributed by atoms with van der Waals surface area (Å²) in [5, 5.41) is 25.6. The lowest BCUT2D eigenvalue weighted by molar-refractivity contribution is 0.0971. The number of nitrogens with one attached hydrogen (secondary N) is 1. The minimum absolute atomic E-state index is 0.0458. The number of phenols is 2. The Bertz CT molecular complexity index is 1180. The molecule has 2 aromatic rings. The largest absolute Gasteiger partial charge is 0.507 e. The first-order valence-corrected chi connectivity index (χ1v) is 10.9. The number of aromatic hydroxyl groups is 2. The van der Waals surface area contributed by atoms with Crippen LogP contribution >= 0.6 is 0 Å². The predicted octanol–water partition coefficient (Wildman–Crippen LogP) is 2.58. The van der Waals surface area contributed by atoms with E-state index >= 15 is 0 Å². The molecule has 1 saturated carbocycles. The maximum absolute atomic E-state index is 13.3. The van der Waals surface area contributed by atoms with E-state index in [2.05, 4.69) is 11.9 Å². The molecule has 0 bridgehead atoms. The van der Waals surface area contributed by atoms with E-state index in [0.29, 0.717) is 36.4 Å². The maximum atomic E-state index is 13.3. The molecule has 7 heteroatoms. The van der Waals surface area contributed by atoms with Crippen molar-refractivity contribution in [2.75, 3.05) is 7.11 Å². The van der Waals surface area contributed by atoms with E-state index in [-0.39, 0.29) is 51.5 Å². The summed E-state index contributed by atoms with van der Waals surface area (Å²) in [5.41, 5.74) is 7.79. The zero-order chi connectivity index (χ0) is 22.7. The Labute approximate surface area is 185 Å². The van der Waals surface area contributed by atoms with Crippen LogP contribution in [0.5, 0.6) is 17.2 Å². The first kappa shape index (κ1) is 20.6. The molecule has 0 heterocycles. The van der Waals surface area contributed by atoms with E-state index in [1.54, 1.807) is 12.1 Å².